The van der Waals surface area contributed by atoms with Gasteiger partial charge in [-0.2, -0.15) is 4.98 Å². The maximum atomic E-state index is 13.4. The Morgan fingerprint density at radius 1 is 0.970 bits per heavy atom. The van der Waals surface area contributed by atoms with Gasteiger partial charge in [0.05, 0.1) is 4.90 Å². The number of aryl methyl sites for hydroxylation is 1. The SMILES string of the molecule is Cc1ccc(S(=O)(=O)c2nc(-c3ccc(Br)cc3)oc2NCc2ccc3c(c2)OCO3)cc1. The molecule has 0 spiro atoms. The van der Waals surface area contributed by atoms with E-state index >= 15 is 0 Å². The summed E-state index contributed by atoms with van der Waals surface area (Å²) in [5, 5.41) is 2.93. The van der Waals surface area contributed by atoms with Gasteiger partial charge in [0, 0.05) is 16.6 Å². The van der Waals surface area contributed by atoms with Gasteiger partial charge in [-0.1, -0.05) is 39.7 Å². The van der Waals surface area contributed by atoms with Gasteiger partial charge >= 0.3 is 0 Å². The molecule has 0 amide bonds. The Balaban J connectivity index is 1.52. The molecule has 1 aliphatic heterocycles. The molecule has 0 saturated heterocycles. The third-order valence-corrected chi connectivity index (χ3v) is 7.37. The topological polar surface area (TPSA) is 90.7 Å². The van der Waals surface area contributed by atoms with Crippen LogP contribution in [0.4, 0.5) is 5.88 Å². The highest BCUT2D eigenvalue weighted by Crippen LogP contribution is 2.35. The van der Waals surface area contributed by atoms with Crippen LogP contribution < -0.4 is 14.8 Å². The van der Waals surface area contributed by atoms with Gasteiger partial charge in [-0.25, -0.2) is 8.42 Å². The molecule has 1 aromatic heterocycles. The molecule has 0 fully saturated rings. The van der Waals surface area contributed by atoms with Gasteiger partial charge in [0.2, 0.25) is 33.4 Å². The van der Waals surface area contributed by atoms with E-state index in [1.165, 1.54) is 0 Å². The molecule has 0 saturated carbocycles. The predicted molar refractivity (Wildman–Crippen MR) is 126 cm³/mol. The number of hydrogen-bond acceptors (Lipinski definition) is 7. The Morgan fingerprint density at radius 3 is 2.45 bits per heavy atom. The fraction of sp³-hybridized carbons (Fsp3) is 0.125. The molecule has 7 nitrogen and oxygen atoms in total. The van der Waals surface area contributed by atoms with E-state index in [1.54, 1.807) is 36.4 Å². The van der Waals surface area contributed by atoms with Crippen LogP contribution in [0.15, 0.2) is 85.5 Å². The van der Waals surface area contributed by atoms with Crippen molar-refractivity contribution < 1.29 is 22.3 Å². The van der Waals surface area contributed by atoms with Gasteiger partial charge in [0.25, 0.3) is 0 Å². The zero-order valence-electron chi connectivity index (χ0n) is 17.5. The maximum Gasteiger partial charge on any atom is 0.234 e. The third kappa shape index (κ3) is 4.34. The van der Waals surface area contributed by atoms with Gasteiger partial charge in [-0.05, 0) is 61.0 Å². The van der Waals surface area contributed by atoms with Gasteiger partial charge in [0.1, 0.15) is 0 Å². The molecule has 1 N–H and O–H groups in total. The van der Waals surface area contributed by atoms with Crippen LogP contribution in [0.25, 0.3) is 11.5 Å². The van der Waals surface area contributed by atoms with Crippen LogP contribution >= 0.6 is 15.9 Å². The smallest absolute Gasteiger partial charge is 0.234 e. The van der Waals surface area contributed by atoms with E-state index in [9.17, 15) is 8.42 Å². The number of fused-ring (bicyclic) bond motifs is 1. The number of oxazole rings is 1. The predicted octanol–water partition coefficient (Wildman–Crippen LogP) is 5.59. The Bertz CT molecular complexity index is 1410. The second kappa shape index (κ2) is 8.57. The number of benzene rings is 3. The molecular formula is C24H19BrN2O5S. The molecule has 2 heterocycles. The number of anilines is 1. The summed E-state index contributed by atoms with van der Waals surface area (Å²) in [7, 11) is -3.92. The summed E-state index contributed by atoms with van der Waals surface area (Å²) in [6.45, 7) is 2.39. The van der Waals surface area contributed by atoms with Crippen molar-refractivity contribution >= 4 is 31.7 Å². The lowest BCUT2D eigenvalue weighted by Crippen LogP contribution is -2.07. The van der Waals surface area contributed by atoms with E-state index < -0.39 is 9.84 Å². The van der Waals surface area contributed by atoms with E-state index in [1.807, 2.05) is 37.3 Å². The Morgan fingerprint density at radius 2 is 1.70 bits per heavy atom. The van der Waals surface area contributed by atoms with E-state index in [4.69, 9.17) is 13.9 Å². The molecule has 0 aliphatic carbocycles. The lowest BCUT2D eigenvalue weighted by Gasteiger charge is -2.07. The standard InChI is InChI=1S/C24H19BrN2O5S/c1-15-2-9-19(10-3-15)33(28,29)24-23(32-22(27-24)17-5-7-18(25)8-6-17)26-13-16-4-11-20-21(12-16)31-14-30-20/h2-12,26H,13-14H2,1H3. The molecule has 5 rings (SSSR count). The minimum absolute atomic E-state index is 0.0751. The van der Waals surface area contributed by atoms with Crippen molar-refractivity contribution in [3.8, 4) is 23.0 Å². The number of rotatable bonds is 6. The summed E-state index contributed by atoms with van der Waals surface area (Å²) in [5.74, 6) is 1.61. The van der Waals surface area contributed by atoms with Crippen LogP contribution in [-0.2, 0) is 16.4 Å². The van der Waals surface area contributed by atoms with Gasteiger partial charge < -0.3 is 19.2 Å². The average Bonchev–Trinajstić information content (AvgIpc) is 3.45. The normalized spacial score (nSPS) is 12.7. The number of nitrogens with one attached hydrogen (secondary N) is 1. The Hall–Kier alpha value is -3.30. The zero-order valence-corrected chi connectivity index (χ0v) is 19.9. The number of hydrogen-bond donors (Lipinski definition) is 1. The molecule has 4 aromatic rings. The zero-order chi connectivity index (χ0) is 23.0. The molecular weight excluding hydrogens is 508 g/mol. The van der Waals surface area contributed by atoms with Gasteiger partial charge in [-0.3, -0.25) is 0 Å². The van der Waals surface area contributed by atoms with Crippen molar-refractivity contribution in [1.29, 1.82) is 0 Å². The van der Waals surface area contributed by atoms with Crippen LogP contribution in [0.3, 0.4) is 0 Å². The second-order valence-corrected chi connectivity index (χ2v) is 10.3. The minimum Gasteiger partial charge on any atom is -0.454 e. The number of ether oxygens (including phenoxy) is 2. The molecule has 3 aromatic carbocycles. The number of sulfone groups is 1. The first kappa shape index (κ1) is 21.5. The molecule has 168 valence electrons. The highest BCUT2D eigenvalue weighted by atomic mass is 79.9. The van der Waals surface area contributed by atoms with E-state index in [0.29, 0.717) is 23.6 Å². The number of halogens is 1. The first-order chi connectivity index (χ1) is 15.9. The van der Waals surface area contributed by atoms with Crippen LogP contribution in [-0.4, -0.2) is 20.2 Å². The van der Waals surface area contributed by atoms with Crippen molar-refractivity contribution in [1.82, 2.24) is 4.98 Å². The molecule has 9 heteroatoms. The fourth-order valence-electron chi connectivity index (χ4n) is 3.38. The largest absolute Gasteiger partial charge is 0.454 e. The van der Waals surface area contributed by atoms with Crippen LogP contribution in [0, 0.1) is 6.92 Å². The van der Waals surface area contributed by atoms with E-state index in [-0.39, 0.29) is 28.5 Å². The first-order valence-electron chi connectivity index (χ1n) is 10.1. The number of nitrogens with zero attached hydrogens (tertiary/aromatic N) is 1. The average molecular weight is 527 g/mol. The van der Waals surface area contributed by atoms with Crippen molar-refractivity contribution in [3.05, 3.63) is 82.3 Å². The van der Waals surface area contributed by atoms with E-state index in [2.05, 4.69) is 26.2 Å². The van der Waals surface area contributed by atoms with Gasteiger partial charge in [-0.15, -0.1) is 0 Å². The van der Waals surface area contributed by atoms with Crippen LogP contribution in [0.5, 0.6) is 11.5 Å². The summed E-state index contributed by atoms with van der Waals surface area (Å²) in [6.07, 6.45) is 0. The lowest BCUT2D eigenvalue weighted by molar-refractivity contribution is 0.174. The van der Waals surface area contributed by atoms with Crippen LogP contribution in [0.2, 0.25) is 0 Å². The maximum absolute atomic E-state index is 13.4. The summed E-state index contributed by atoms with van der Waals surface area (Å²) < 4.78 is 44.4. The van der Waals surface area contributed by atoms with Gasteiger partial charge in [0.15, 0.2) is 11.5 Å². The number of aromatic nitrogens is 1. The van der Waals surface area contributed by atoms with Crippen molar-refractivity contribution in [2.45, 2.75) is 23.4 Å². The minimum atomic E-state index is -3.92. The molecule has 0 atom stereocenters. The fourth-order valence-corrected chi connectivity index (χ4v) is 4.92. The summed E-state index contributed by atoms with van der Waals surface area (Å²) in [6, 6.07) is 19.5. The van der Waals surface area contributed by atoms with Crippen LogP contribution in [0.1, 0.15) is 11.1 Å². The van der Waals surface area contributed by atoms with Crippen molar-refractivity contribution in [2.75, 3.05) is 12.1 Å². The Kier molecular flexibility index (Phi) is 5.59. The molecule has 33 heavy (non-hydrogen) atoms. The van der Waals surface area contributed by atoms with Crippen molar-refractivity contribution in [2.24, 2.45) is 0 Å². The Labute approximate surface area is 199 Å². The summed E-state index contributed by atoms with van der Waals surface area (Å²) >= 11 is 3.40. The van der Waals surface area contributed by atoms with E-state index in [0.717, 1.165) is 15.6 Å². The second-order valence-electron chi connectivity index (χ2n) is 7.52. The first-order valence-corrected chi connectivity index (χ1v) is 12.4. The molecule has 1 aliphatic rings. The molecule has 0 unspecified atom stereocenters. The monoisotopic (exact) mass is 526 g/mol. The third-order valence-electron chi connectivity index (χ3n) is 5.16. The summed E-state index contributed by atoms with van der Waals surface area (Å²) in [5.41, 5.74) is 2.50. The molecule has 0 radical (unpaired) electrons. The highest BCUT2D eigenvalue weighted by molar-refractivity contribution is 9.10. The lowest BCUT2D eigenvalue weighted by atomic mass is 10.2. The van der Waals surface area contributed by atoms with Crippen molar-refractivity contribution in [3.63, 3.8) is 0 Å². The quantitative estimate of drug-likeness (QED) is 0.350. The highest BCUT2D eigenvalue weighted by Gasteiger charge is 2.28. The molecule has 0 bridgehead atoms. The summed E-state index contributed by atoms with van der Waals surface area (Å²) in [4.78, 5) is 4.52.